The highest BCUT2D eigenvalue weighted by Gasteiger charge is 2.04. The molecule has 1 unspecified atom stereocenters. The molecule has 4 heteroatoms. The molecular formula is C8H14NO2P. The van der Waals surface area contributed by atoms with Crippen LogP contribution in [-0.4, -0.2) is 18.6 Å². The predicted molar refractivity (Wildman–Crippen MR) is 49.5 cm³/mol. The van der Waals surface area contributed by atoms with Gasteiger partial charge in [-0.05, 0) is 12.8 Å². The van der Waals surface area contributed by atoms with E-state index in [2.05, 4.69) is 11.9 Å². The predicted octanol–water partition coefficient (Wildman–Crippen LogP) is 1.61. The summed E-state index contributed by atoms with van der Waals surface area (Å²) in [6.45, 7) is 7.65. The Hall–Kier alpha value is -0.690. The minimum absolute atomic E-state index is 0.129. The van der Waals surface area contributed by atoms with Gasteiger partial charge >= 0.3 is 0 Å². The summed E-state index contributed by atoms with van der Waals surface area (Å²) in [6.07, 6.45) is 0.580. The van der Waals surface area contributed by atoms with Crippen molar-refractivity contribution in [3.05, 3.63) is 12.2 Å². The fourth-order valence-corrected chi connectivity index (χ4v) is 0.993. The van der Waals surface area contributed by atoms with Gasteiger partial charge in [0.15, 0.2) is 8.46 Å². The van der Waals surface area contributed by atoms with Crippen LogP contribution in [0.2, 0.25) is 0 Å². The van der Waals surface area contributed by atoms with Crippen LogP contribution in [0.4, 0.5) is 0 Å². The lowest BCUT2D eigenvalue weighted by molar-refractivity contribution is -0.117. The number of carbonyl (C=O) groups is 1. The highest BCUT2D eigenvalue weighted by atomic mass is 31.1. The molecule has 0 bridgehead atoms. The molecule has 0 saturated carbocycles. The number of carbonyl (C=O) groups excluding carboxylic acids is 1. The van der Waals surface area contributed by atoms with Gasteiger partial charge in [-0.1, -0.05) is 13.5 Å². The van der Waals surface area contributed by atoms with Crippen molar-refractivity contribution in [2.75, 3.05) is 12.7 Å². The van der Waals surface area contributed by atoms with E-state index in [4.69, 9.17) is 0 Å². The Labute approximate surface area is 74.4 Å². The molecule has 0 aliphatic rings. The highest BCUT2D eigenvalue weighted by molar-refractivity contribution is 7.23. The molecule has 0 saturated heterocycles. The lowest BCUT2D eigenvalue weighted by Gasteiger charge is -2.08. The third-order valence-electron chi connectivity index (χ3n) is 1.38. The molecule has 0 aromatic rings. The van der Waals surface area contributed by atoms with Crippen LogP contribution in [0.25, 0.3) is 0 Å². The number of hydrogen-bond acceptors (Lipinski definition) is 2. The molecule has 0 radical (unpaired) electrons. The average molecular weight is 187 g/mol. The summed E-state index contributed by atoms with van der Waals surface area (Å²) in [5.74, 6) is 0.108. The molecule has 0 aliphatic carbocycles. The smallest absolute Gasteiger partial charge is 0.246 e. The van der Waals surface area contributed by atoms with E-state index in [1.165, 1.54) is 0 Å². The Morgan fingerprint density at radius 2 is 2.25 bits per heavy atom. The lowest BCUT2D eigenvalue weighted by Crippen LogP contribution is -2.29. The first kappa shape index (κ1) is 11.3. The molecular weight excluding hydrogens is 173 g/mol. The van der Waals surface area contributed by atoms with E-state index >= 15 is 0 Å². The zero-order chi connectivity index (χ0) is 9.56. The van der Waals surface area contributed by atoms with Crippen molar-refractivity contribution in [3.63, 3.8) is 0 Å². The largest absolute Gasteiger partial charge is 0.352 e. The molecule has 0 heterocycles. The molecule has 0 rings (SSSR count). The summed E-state index contributed by atoms with van der Waals surface area (Å²) in [5, 5.41) is 2.68. The van der Waals surface area contributed by atoms with Crippen LogP contribution in [0.3, 0.4) is 0 Å². The maximum absolute atomic E-state index is 11.0. The van der Waals surface area contributed by atoms with Crippen LogP contribution < -0.4 is 5.32 Å². The van der Waals surface area contributed by atoms with Crippen molar-refractivity contribution in [2.45, 2.75) is 13.8 Å². The van der Waals surface area contributed by atoms with Gasteiger partial charge in [0.2, 0.25) is 5.91 Å². The summed E-state index contributed by atoms with van der Waals surface area (Å²) < 4.78 is 10.2. The van der Waals surface area contributed by atoms with Crippen molar-refractivity contribution in [1.29, 1.82) is 0 Å². The van der Waals surface area contributed by atoms with Crippen molar-refractivity contribution >= 4 is 14.4 Å². The van der Waals surface area contributed by atoms with E-state index in [0.717, 1.165) is 0 Å². The second-order valence-electron chi connectivity index (χ2n) is 2.91. The molecule has 0 aromatic heterocycles. The van der Waals surface area contributed by atoms with Crippen LogP contribution in [0.1, 0.15) is 13.8 Å². The summed E-state index contributed by atoms with van der Waals surface area (Å²) in [6, 6.07) is 0. The van der Waals surface area contributed by atoms with Crippen LogP contribution in [0.5, 0.6) is 0 Å². The van der Waals surface area contributed by atoms with E-state index in [1.54, 1.807) is 6.92 Å². The first-order valence-corrected chi connectivity index (χ1v) is 4.80. The van der Waals surface area contributed by atoms with E-state index in [-0.39, 0.29) is 20.3 Å². The van der Waals surface area contributed by atoms with Crippen LogP contribution in [0, 0.1) is 5.92 Å². The van der Waals surface area contributed by atoms with Crippen LogP contribution in [-0.2, 0) is 9.36 Å². The Kier molecular flexibility index (Phi) is 5.56. The summed E-state index contributed by atoms with van der Waals surface area (Å²) in [7, 11) is 0.129. The molecule has 0 aliphatic heterocycles. The van der Waals surface area contributed by atoms with Crippen LogP contribution in [0.15, 0.2) is 12.2 Å². The third-order valence-corrected chi connectivity index (χ3v) is 2.16. The van der Waals surface area contributed by atoms with Gasteiger partial charge in [-0.2, -0.15) is 0 Å². The van der Waals surface area contributed by atoms with Crippen molar-refractivity contribution in [2.24, 2.45) is 5.92 Å². The number of amides is 1. The van der Waals surface area contributed by atoms with Gasteiger partial charge in [-0.3, -0.25) is 9.36 Å². The topological polar surface area (TPSA) is 46.2 Å². The summed E-state index contributed by atoms with van der Waals surface area (Å²) in [4.78, 5) is 11.0. The molecule has 1 atom stereocenters. The molecule has 1 amide bonds. The Balaban J connectivity index is 3.60. The van der Waals surface area contributed by atoms with Crippen LogP contribution >= 0.6 is 8.46 Å². The fourth-order valence-electron chi connectivity index (χ4n) is 0.610. The normalized spacial score (nSPS) is 12.5. The zero-order valence-electron chi connectivity index (χ0n) is 7.46. The Bertz CT molecular complexity index is 191. The first-order valence-electron chi connectivity index (χ1n) is 3.80. The van der Waals surface area contributed by atoms with Crippen molar-refractivity contribution < 1.29 is 9.36 Å². The molecule has 0 fully saturated rings. The quantitative estimate of drug-likeness (QED) is 0.525. The fraction of sp³-hybridized carbons (Fsp3) is 0.625. The average Bonchev–Trinajstić information content (AvgIpc) is 2.00. The molecule has 1 N–H and O–H groups in total. The SMILES string of the molecule is C=C(C)C(=O)NCC(C)CP=O. The zero-order valence-corrected chi connectivity index (χ0v) is 8.36. The first-order chi connectivity index (χ1) is 5.57. The minimum atomic E-state index is -0.135. The van der Waals surface area contributed by atoms with E-state index < -0.39 is 0 Å². The third kappa shape index (κ3) is 5.03. The van der Waals surface area contributed by atoms with Gasteiger partial charge in [0.25, 0.3) is 0 Å². The van der Waals surface area contributed by atoms with E-state index in [9.17, 15) is 9.36 Å². The number of hydrogen-bond donors (Lipinski definition) is 1. The maximum atomic E-state index is 11.0. The molecule has 0 spiro atoms. The van der Waals surface area contributed by atoms with Gasteiger partial charge in [0, 0.05) is 18.3 Å². The highest BCUT2D eigenvalue weighted by Crippen LogP contribution is 2.02. The lowest BCUT2D eigenvalue weighted by atomic mass is 10.2. The second-order valence-corrected chi connectivity index (χ2v) is 3.53. The van der Waals surface area contributed by atoms with Gasteiger partial charge in [0.05, 0.1) is 0 Å². The minimum Gasteiger partial charge on any atom is -0.352 e. The monoisotopic (exact) mass is 187 g/mol. The standard InChI is InChI=1S/C8H14NO2P/c1-6(2)8(10)9-4-7(3)5-12-11/h7H,1,4-5H2,2-3H3,(H,9,10). The van der Waals surface area contributed by atoms with Gasteiger partial charge in [-0.15, -0.1) is 0 Å². The van der Waals surface area contributed by atoms with Gasteiger partial charge < -0.3 is 5.32 Å². The number of rotatable bonds is 5. The van der Waals surface area contributed by atoms with Crippen molar-refractivity contribution in [1.82, 2.24) is 5.32 Å². The molecule has 3 nitrogen and oxygen atoms in total. The van der Waals surface area contributed by atoms with E-state index in [0.29, 0.717) is 18.3 Å². The Morgan fingerprint density at radius 1 is 1.67 bits per heavy atom. The molecule has 12 heavy (non-hydrogen) atoms. The Morgan fingerprint density at radius 3 is 2.67 bits per heavy atom. The summed E-state index contributed by atoms with van der Waals surface area (Å²) in [5.41, 5.74) is 0.502. The van der Waals surface area contributed by atoms with Gasteiger partial charge in [0.1, 0.15) is 0 Å². The van der Waals surface area contributed by atoms with E-state index in [1.807, 2.05) is 6.92 Å². The molecule has 68 valence electrons. The maximum Gasteiger partial charge on any atom is 0.246 e. The molecule has 0 aromatic carbocycles. The second kappa shape index (κ2) is 5.90. The summed E-state index contributed by atoms with van der Waals surface area (Å²) >= 11 is 0. The van der Waals surface area contributed by atoms with Crippen molar-refractivity contribution in [3.8, 4) is 0 Å². The number of nitrogens with one attached hydrogen (secondary N) is 1. The van der Waals surface area contributed by atoms with Gasteiger partial charge in [-0.25, -0.2) is 0 Å².